The Kier molecular flexibility index (Phi) is 15.3. The number of hydrogen-bond donors (Lipinski definition) is 0. The smallest absolute Gasteiger partial charge is 0.459 e. The highest BCUT2D eigenvalue weighted by atomic mass is 19.4. The van der Waals surface area contributed by atoms with Gasteiger partial charge in [-0.2, -0.15) is 149 Å². The van der Waals surface area contributed by atoms with Gasteiger partial charge in [0.15, 0.2) is 0 Å². The van der Waals surface area contributed by atoms with Crippen LogP contribution >= 0.6 is 0 Å². The maximum Gasteiger partial charge on any atom is 0.460 e. The van der Waals surface area contributed by atoms with Gasteiger partial charge >= 0.3 is 101 Å². The predicted octanol–water partition coefficient (Wildman–Crippen LogP) is 14.1. The summed E-state index contributed by atoms with van der Waals surface area (Å²) < 4.78 is 470. The average molecular weight is 1060 g/mol. The highest BCUT2D eigenvalue weighted by Gasteiger charge is 2.97. The molecule has 0 aliphatic carbocycles. The minimum Gasteiger partial charge on any atom is -0.459 e. The van der Waals surface area contributed by atoms with E-state index in [0.29, 0.717) is 0 Å². The van der Waals surface area contributed by atoms with Crippen LogP contribution in [0.25, 0.3) is 0 Å². The molecule has 0 unspecified atom stereocenters. The number of hydrogen-bond acceptors (Lipinski definition) is 2. The van der Waals surface area contributed by atoms with E-state index in [0.717, 1.165) is 30.3 Å². The summed E-state index contributed by atoms with van der Waals surface area (Å²) in [6.07, 6.45) is -31.1. The first-order valence-corrected chi connectivity index (χ1v) is 16.1. The molecule has 1 aromatic carbocycles. The van der Waals surface area contributed by atoms with Crippen molar-refractivity contribution in [2.75, 3.05) is 0 Å². The van der Waals surface area contributed by atoms with Crippen molar-refractivity contribution in [1.82, 2.24) is 0 Å². The monoisotopic (exact) mass is 1060 g/mol. The van der Waals surface area contributed by atoms with Crippen LogP contribution < -0.4 is 0 Å². The first kappa shape index (κ1) is 60.3. The Morgan fingerprint density at radius 2 is 0.576 bits per heavy atom. The van der Waals surface area contributed by atoms with Gasteiger partial charge in [0, 0.05) is 12.8 Å². The van der Waals surface area contributed by atoms with Gasteiger partial charge in [0.1, 0.15) is 5.60 Å². The molecule has 0 aliphatic rings. The largest absolute Gasteiger partial charge is 0.460 e. The van der Waals surface area contributed by atoms with E-state index < -0.39 is 145 Å². The standard InChI is InChI=1S/C30H18F34O2/c1-14(66-13(65)11-12-5-3-2-4-6-12,7-9-15(31,32)17(35,36)19(39,40)21(43,44)23(47,48)25(51,52)27(55,56)29(59,60)61)8-10-16(33,34)18(37,38)20(41,42)22(45,46)24(49,50)26(53,54)28(57,58)30(62,63)64/h2-6H,7-11H2,1H3. The third-order valence-corrected chi connectivity index (χ3v) is 9.06. The summed E-state index contributed by atoms with van der Waals surface area (Å²) in [7, 11) is 0. The Morgan fingerprint density at radius 3 is 0.818 bits per heavy atom. The fraction of sp³-hybridized carbons (Fsp3) is 0.767. The van der Waals surface area contributed by atoms with Gasteiger partial charge in [0.05, 0.1) is 6.42 Å². The van der Waals surface area contributed by atoms with Crippen LogP contribution in [0.3, 0.4) is 0 Å². The van der Waals surface area contributed by atoms with Crippen molar-refractivity contribution in [3.63, 3.8) is 0 Å². The molecular weight excluding hydrogens is 1040 g/mol. The second-order valence-electron chi connectivity index (χ2n) is 13.9. The van der Waals surface area contributed by atoms with Gasteiger partial charge < -0.3 is 4.74 Å². The zero-order chi connectivity index (χ0) is 53.4. The van der Waals surface area contributed by atoms with Crippen molar-refractivity contribution in [2.24, 2.45) is 0 Å². The minimum absolute atomic E-state index is 0.389. The first-order chi connectivity index (χ1) is 28.4. The molecule has 388 valence electrons. The molecule has 0 aliphatic heterocycles. The van der Waals surface area contributed by atoms with Gasteiger partial charge in [-0.3, -0.25) is 4.79 Å². The number of alkyl halides is 34. The molecule has 0 bridgehead atoms. The number of carbonyl (C=O) groups excluding carboxylic acids is 1. The van der Waals surface area contributed by atoms with Crippen LogP contribution in [-0.4, -0.2) is 107 Å². The molecule has 0 saturated carbocycles. The number of benzene rings is 1. The van der Waals surface area contributed by atoms with Gasteiger partial charge in [-0.05, 0) is 25.3 Å². The van der Waals surface area contributed by atoms with Crippen molar-refractivity contribution >= 4 is 5.97 Å². The summed E-state index contributed by atoms with van der Waals surface area (Å²) in [4.78, 5) is 12.4. The van der Waals surface area contributed by atoms with Crippen LogP contribution in [0.4, 0.5) is 149 Å². The summed E-state index contributed by atoms with van der Waals surface area (Å²) in [6, 6.07) is 4.80. The third kappa shape index (κ3) is 9.03. The van der Waals surface area contributed by atoms with E-state index >= 15 is 0 Å². The van der Waals surface area contributed by atoms with Crippen molar-refractivity contribution < 1.29 is 159 Å². The minimum atomic E-state index is -9.19. The molecule has 36 heteroatoms. The van der Waals surface area contributed by atoms with E-state index in [1.165, 1.54) is 0 Å². The number of rotatable bonds is 21. The Labute approximate surface area is 341 Å². The fourth-order valence-corrected chi connectivity index (χ4v) is 4.85. The van der Waals surface area contributed by atoms with E-state index in [-0.39, 0.29) is 6.92 Å². The number of carbonyl (C=O) groups is 1. The number of ether oxygens (including phenoxy) is 1. The van der Waals surface area contributed by atoms with E-state index in [9.17, 15) is 154 Å². The van der Waals surface area contributed by atoms with Crippen LogP contribution in [0.1, 0.15) is 38.2 Å². The van der Waals surface area contributed by atoms with E-state index in [2.05, 4.69) is 4.74 Å². The van der Waals surface area contributed by atoms with Crippen molar-refractivity contribution in [1.29, 1.82) is 0 Å². The summed E-state index contributed by atoms with van der Waals surface area (Å²) in [5, 5.41) is 0. The van der Waals surface area contributed by atoms with E-state index in [1.807, 2.05) is 0 Å². The molecule has 1 rings (SSSR count). The quantitative estimate of drug-likeness (QED) is 0.0906. The molecule has 0 spiro atoms. The molecular formula is C30H18F34O2. The second kappa shape index (κ2) is 16.8. The lowest BCUT2D eigenvalue weighted by atomic mass is 9.83. The molecule has 0 fully saturated rings. The third-order valence-electron chi connectivity index (χ3n) is 9.06. The van der Waals surface area contributed by atoms with Crippen molar-refractivity contribution in [3.8, 4) is 0 Å². The normalized spacial score (nSPS) is 16.2. The highest BCUT2D eigenvalue weighted by molar-refractivity contribution is 5.73. The molecule has 0 saturated heterocycles. The van der Waals surface area contributed by atoms with Gasteiger partial charge in [-0.1, -0.05) is 30.3 Å². The molecule has 0 heterocycles. The fourth-order valence-electron chi connectivity index (χ4n) is 4.85. The Bertz CT molecular complexity index is 1740. The summed E-state index contributed by atoms with van der Waals surface area (Å²) >= 11 is 0. The molecule has 0 atom stereocenters. The maximum atomic E-state index is 14.7. The van der Waals surface area contributed by atoms with Crippen LogP contribution in [0.5, 0.6) is 0 Å². The van der Waals surface area contributed by atoms with Gasteiger partial charge in [0.25, 0.3) is 0 Å². The van der Waals surface area contributed by atoms with Gasteiger partial charge in [0.2, 0.25) is 0 Å². The highest BCUT2D eigenvalue weighted by Crippen LogP contribution is 2.66. The number of esters is 1. The Hall–Kier alpha value is -3.69. The van der Waals surface area contributed by atoms with Crippen LogP contribution in [0.2, 0.25) is 0 Å². The van der Waals surface area contributed by atoms with E-state index in [4.69, 9.17) is 0 Å². The van der Waals surface area contributed by atoms with Crippen LogP contribution in [-0.2, 0) is 16.0 Å². The van der Waals surface area contributed by atoms with Gasteiger partial charge in [-0.25, -0.2) is 0 Å². The van der Waals surface area contributed by atoms with Crippen molar-refractivity contribution in [3.05, 3.63) is 35.9 Å². The summed E-state index contributed by atoms with van der Waals surface area (Å²) in [5.41, 5.74) is -4.53. The topological polar surface area (TPSA) is 26.3 Å². The lowest BCUT2D eigenvalue weighted by Crippen LogP contribution is -2.74. The summed E-state index contributed by atoms with van der Waals surface area (Å²) in [6.45, 7) is -0.389. The molecule has 2 nitrogen and oxygen atoms in total. The molecule has 0 N–H and O–H groups in total. The van der Waals surface area contributed by atoms with E-state index in [1.54, 1.807) is 0 Å². The Balaban J connectivity index is 3.86. The average Bonchev–Trinajstić information content (AvgIpc) is 3.11. The lowest BCUT2D eigenvalue weighted by molar-refractivity contribution is -0.462. The van der Waals surface area contributed by atoms with Crippen molar-refractivity contribution in [2.45, 2.75) is 140 Å². The number of halogens is 34. The van der Waals surface area contributed by atoms with Crippen LogP contribution in [0.15, 0.2) is 30.3 Å². The second-order valence-corrected chi connectivity index (χ2v) is 13.9. The lowest BCUT2D eigenvalue weighted by Gasteiger charge is -2.43. The molecule has 0 amide bonds. The Morgan fingerprint density at radius 1 is 0.348 bits per heavy atom. The first-order valence-electron chi connectivity index (χ1n) is 16.1. The zero-order valence-corrected chi connectivity index (χ0v) is 30.6. The zero-order valence-electron chi connectivity index (χ0n) is 30.6. The predicted molar refractivity (Wildman–Crippen MR) is 144 cm³/mol. The molecule has 0 aromatic heterocycles. The molecule has 0 radical (unpaired) electrons. The summed E-state index contributed by atoms with van der Waals surface area (Å²) in [5.74, 6) is -124. The molecule has 66 heavy (non-hydrogen) atoms. The SMILES string of the molecule is CC(CCC(F)(F)C(F)(F)C(F)(F)C(F)(F)C(F)(F)C(F)(F)C(F)(F)C(F)(F)F)(CCC(F)(F)C(F)(F)C(F)(F)C(F)(F)C(F)(F)C(F)(F)C(F)(F)C(F)(F)F)OC(=O)Cc1ccccc1. The molecule has 1 aromatic rings. The van der Waals surface area contributed by atoms with Gasteiger partial charge in [-0.15, -0.1) is 0 Å². The maximum absolute atomic E-state index is 14.7. The van der Waals surface area contributed by atoms with Crippen LogP contribution in [0, 0.1) is 0 Å².